The van der Waals surface area contributed by atoms with E-state index in [2.05, 4.69) is 35.4 Å². The maximum Gasteiger partial charge on any atom is 0.322 e. The minimum absolute atomic E-state index is 0.00258. The number of ether oxygens (including phenoxy) is 1. The van der Waals surface area contributed by atoms with E-state index in [0.29, 0.717) is 22.1 Å². The van der Waals surface area contributed by atoms with Gasteiger partial charge in [0.2, 0.25) is 0 Å². The molecule has 1 atom stereocenters. The van der Waals surface area contributed by atoms with Gasteiger partial charge in [-0.3, -0.25) is 4.79 Å². The third kappa shape index (κ3) is 7.52. The van der Waals surface area contributed by atoms with E-state index >= 15 is 0 Å². The molecule has 14 nitrogen and oxygen atoms in total. The molecule has 212 valence electrons. The highest BCUT2D eigenvalue weighted by molar-refractivity contribution is 6.31. The highest BCUT2D eigenvalue weighted by Gasteiger charge is 2.45. The Kier molecular flexibility index (Phi) is 11.4. The zero-order chi connectivity index (χ0) is 29.0. The standard InChI is InChI=1S/C25H32ClN11O3/c1-2-40-23(38)9-10-37-15-21(19(13-30-34-27)14-31-35-28)25(16-32-36-29,33-24(37)39)20-8-7-18(22(26)12-20)11-17-5-3-4-6-17/h7-8,12,15,17,19H,2-6,9-11,13-14,16H2,1H3,(H,33,39)/t25-/m0/s1. The van der Waals surface area contributed by atoms with Crippen molar-refractivity contribution in [3.8, 4) is 0 Å². The predicted molar refractivity (Wildman–Crippen MR) is 149 cm³/mol. The lowest BCUT2D eigenvalue weighted by molar-refractivity contribution is -0.143. The molecule has 0 aromatic heterocycles. The Hall–Kier alpha value is -4.08. The fourth-order valence-electron chi connectivity index (χ4n) is 5.36. The van der Waals surface area contributed by atoms with Crippen molar-refractivity contribution in [2.45, 2.75) is 51.0 Å². The van der Waals surface area contributed by atoms with Crippen molar-refractivity contribution in [3.63, 3.8) is 0 Å². The van der Waals surface area contributed by atoms with Crippen LogP contribution in [0.2, 0.25) is 5.02 Å². The first-order valence-electron chi connectivity index (χ1n) is 13.2. The van der Waals surface area contributed by atoms with Crippen molar-refractivity contribution in [3.05, 3.63) is 77.5 Å². The number of urea groups is 1. The largest absolute Gasteiger partial charge is 0.466 e. The number of amides is 2. The third-order valence-electron chi connectivity index (χ3n) is 7.30. The molecule has 1 aliphatic carbocycles. The van der Waals surface area contributed by atoms with Crippen molar-refractivity contribution in [1.82, 2.24) is 10.2 Å². The second-order valence-corrected chi connectivity index (χ2v) is 10.1. The number of esters is 1. The molecule has 2 aliphatic rings. The van der Waals surface area contributed by atoms with Crippen molar-refractivity contribution in [1.29, 1.82) is 0 Å². The van der Waals surface area contributed by atoms with E-state index < -0.39 is 23.5 Å². The van der Waals surface area contributed by atoms with E-state index in [-0.39, 0.29) is 39.2 Å². The molecule has 2 amide bonds. The van der Waals surface area contributed by atoms with Crippen molar-refractivity contribution >= 4 is 23.6 Å². The van der Waals surface area contributed by atoms with Crippen molar-refractivity contribution in [2.24, 2.45) is 27.2 Å². The van der Waals surface area contributed by atoms with Gasteiger partial charge in [-0.05, 0) is 64.5 Å². The number of benzene rings is 1. The maximum atomic E-state index is 13.4. The van der Waals surface area contributed by atoms with Crippen LogP contribution in [-0.2, 0) is 21.5 Å². The third-order valence-corrected chi connectivity index (χ3v) is 7.65. The van der Waals surface area contributed by atoms with Gasteiger partial charge in [-0.15, -0.1) is 0 Å². The summed E-state index contributed by atoms with van der Waals surface area (Å²) in [6, 6.07) is 4.96. The first kappa shape index (κ1) is 30.5. The van der Waals surface area contributed by atoms with Crippen LogP contribution in [0.4, 0.5) is 4.79 Å². The lowest BCUT2D eigenvalue weighted by Crippen LogP contribution is -2.58. The average Bonchev–Trinajstić information content (AvgIpc) is 3.46. The van der Waals surface area contributed by atoms with Crippen LogP contribution in [0.15, 0.2) is 45.3 Å². The molecule has 1 N–H and O–H groups in total. The van der Waals surface area contributed by atoms with Crippen molar-refractivity contribution < 1.29 is 14.3 Å². The van der Waals surface area contributed by atoms with E-state index in [1.165, 1.54) is 23.9 Å². The second kappa shape index (κ2) is 14.9. The van der Waals surface area contributed by atoms with E-state index in [0.717, 1.165) is 24.8 Å². The number of hydrogen-bond acceptors (Lipinski definition) is 6. The second-order valence-electron chi connectivity index (χ2n) is 9.74. The average molecular weight is 570 g/mol. The number of carbonyl (C=O) groups excluding carboxylic acids is 2. The highest BCUT2D eigenvalue weighted by Crippen LogP contribution is 2.40. The summed E-state index contributed by atoms with van der Waals surface area (Å²) in [6.45, 7) is 1.46. The van der Waals surface area contributed by atoms with E-state index in [9.17, 15) is 15.1 Å². The summed E-state index contributed by atoms with van der Waals surface area (Å²) in [7, 11) is 0. The monoisotopic (exact) mass is 569 g/mol. The molecule has 0 unspecified atom stereocenters. The van der Waals surface area contributed by atoms with Gasteiger partial charge in [-0.25, -0.2) is 4.79 Å². The molecule has 1 aliphatic heterocycles. The lowest BCUT2D eigenvalue weighted by atomic mass is 9.75. The molecule has 1 aromatic carbocycles. The van der Waals surface area contributed by atoms with Gasteiger partial charge in [0.1, 0.15) is 0 Å². The zero-order valence-electron chi connectivity index (χ0n) is 22.3. The van der Waals surface area contributed by atoms with Crippen molar-refractivity contribution in [2.75, 3.05) is 32.8 Å². The molecular formula is C25H32ClN11O3. The molecule has 1 saturated carbocycles. The van der Waals surface area contributed by atoms with Crippen LogP contribution in [0, 0.1) is 11.8 Å². The van der Waals surface area contributed by atoms with Crippen LogP contribution in [-0.4, -0.2) is 49.7 Å². The Bertz CT molecular complexity index is 1240. The molecular weight excluding hydrogens is 538 g/mol. The van der Waals surface area contributed by atoms with Gasteiger partial charge < -0.3 is 15.0 Å². The first-order valence-corrected chi connectivity index (χ1v) is 13.5. The molecule has 40 heavy (non-hydrogen) atoms. The predicted octanol–water partition coefficient (Wildman–Crippen LogP) is 6.68. The minimum Gasteiger partial charge on any atom is -0.466 e. The normalized spacial score (nSPS) is 19.4. The molecule has 0 bridgehead atoms. The Morgan fingerprint density at radius 2 is 1.85 bits per heavy atom. The molecule has 0 radical (unpaired) electrons. The summed E-state index contributed by atoms with van der Waals surface area (Å²) in [4.78, 5) is 35.3. The molecule has 1 aromatic rings. The van der Waals surface area contributed by atoms with Crippen LogP contribution >= 0.6 is 11.6 Å². The van der Waals surface area contributed by atoms with E-state index in [1.807, 2.05) is 12.1 Å². The summed E-state index contributed by atoms with van der Waals surface area (Å²) >= 11 is 6.77. The van der Waals surface area contributed by atoms with Crippen LogP contribution < -0.4 is 5.32 Å². The Morgan fingerprint density at radius 3 is 2.45 bits per heavy atom. The summed E-state index contributed by atoms with van der Waals surface area (Å²) in [5.74, 6) is -0.584. The lowest BCUT2D eigenvalue weighted by Gasteiger charge is -2.45. The Balaban J connectivity index is 2.12. The first-order chi connectivity index (χ1) is 19.4. The van der Waals surface area contributed by atoms with Gasteiger partial charge in [0.25, 0.3) is 0 Å². The molecule has 0 saturated heterocycles. The van der Waals surface area contributed by atoms with Crippen LogP contribution in [0.3, 0.4) is 0 Å². The van der Waals surface area contributed by atoms with Crippen LogP contribution in [0.1, 0.15) is 50.2 Å². The fraction of sp³-hybridized carbons (Fsp3) is 0.600. The van der Waals surface area contributed by atoms with Crippen LogP contribution in [0.5, 0.6) is 0 Å². The number of halogens is 1. The van der Waals surface area contributed by atoms with Crippen LogP contribution in [0.25, 0.3) is 31.3 Å². The summed E-state index contributed by atoms with van der Waals surface area (Å²) in [6.07, 6.45) is 7.05. The van der Waals surface area contributed by atoms with Gasteiger partial charge >= 0.3 is 12.0 Å². The highest BCUT2D eigenvalue weighted by atomic mass is 35.5. The number of azide groups is 3. The molecule has 0 spiro atoms. The van der Waals surface area contributed by atoms with Gasteiger partial charge in [0.15, 0.2) is 0 Å². The van der Waals surface area contributed by atoms with E-state index in [1.54, 1.807) is 13.0 Å². The number of nitrogens with one attached hydrogen (secondary N) is 1. The number of rotatable bonds is 14. The van der Waals surface area contributed by atoms with Gasteiger partial charge in [-0.2, -0.15) is 0 Å². The minimum atomic E-state index is -1.39. The van der Waals surface area contributed by atoms with E-state index in [4.69, 9.17) is 27.4 Å². The molecule has 15 heteroatoms. The fourth-order valence-corrected chi connectivity index (χ4v) is 5.61. The molecule has 1 fully saturated rings. The quantitative estimate of drug-likeness (QED) is 0.113. The number of carbonyl (C=O) groups is 2. The van der Waals surface area contributed by atoms with Gasteiger partial charge in [0, 0.05) is 45.6 Å². The molecule has 3 rings (SSSR count). The summed E-state index contributed by atoms with van der Waals surface area (Å²) in [5, 5.41) is 14.7. The summed E-state index contributed by atoms with van der Waals surface area (Å²) in [5.41, 5.74) is 27.9. The van der Waals surface area contributed by atoms with Gasteiger partial charge in [0.05, 0.1) is 25.1 Å². The summed E-state index contributed by atoms with van der Waals surface area (Å²) < 4.78 is 4.99. The number of nitrogens with zero attached hydrogens (tertiary/aromatic N) is 10. The molecule has 1 heterocycles. The Morgan fingerprint density at radius 1 is 1.18 bits per heavy atom. The SMILES string of the molecule is CCOC(=O)CCN1C=C(C(CN=[N+]=[N-])CN=[N+]=[N-])[C@](CN=[N+]=[N-])(c2ccc(CC3CCCC3)c(Cl)c2)NC1=O. The number of hydrogen-bond donors (Lipinski definition) is 1. The maximum absolute atomic E-state index is 13.4. The topological polar surface area (TPSA) is 205 Å². The zero-order valence-corrected chi connectivity index (χ0v) is 23.1. The smallest absolute Gasteiger partial charge is 0.322 e. The van der Waals surface area contributed by atoms with Gasteiger partial charge in [-0.1, -0.05) is 64.8 Å². The Labute approximate surface area is 236 Å².